The first-order valence-corrected chi connectivity index (χ1v) is 6.10. The third kappa shape index (κ3) is 2.71. The fourth-order valence-corrected chi connectivity index (χ4v) is 1.65. The molecule has 0 aliphatic heterocycles. The highest BCUT2D eigenvalue weighted by atomic mass is 16.5. The first-order chi connectivity index (χ1) is 9.15. The van der Waals surface area contributed by atoms with Crippen LogP contribution in [0.3, 0.4) is 0 Å². The highest BCUT2D eigenvalue weighted by Gasteiger charge is 2.13. The fourth-order valence-electron chi connectivity index (χ4n) is 1.65. The first-order valence-electron chi connectivity index (χ1n) is 6.10. The van der Waals surface area contributed by atoms with Crippen molar-refractivity contribution in [2.24, 2.45) is 0 Å². The van der Waals surface area contributed by atoms with Crippen molar-refractivity contribution >= 4 is 0 Å². The second-order valence-electron chi connectivity index (χ2n) is 4.24. The van der Waals surface area contributed by atoms with Gasteiger partial charge in [-0.2, -0.15) is 15.5 Å². The number of ether oxygens (including phenoxy) is 1. The number of rotatable bonds is 4. The molecular formula is C13H15N5O. The Hall–Kier alpha value is -2.42. The standard InChI is InChI=1S/C13H15N5O/c1-4-5-18-8-11(7-15-18)19-13-12(6-14)9(2)10(3)16-17-13/h7-8H,4-5H2,1-3H3. The third-order valence-electron chi connectivity index (χ3n) is 2.81. The average molecular weight is 257 g/mol. The Labute approximate surface area is 111 Å². The number of hydrogen-bond acceptors (Lipinski definition) is 5. The molecule has 98 valence electrons. The van der Waals surface area contributed by atoms with E-state index in [1.807, 2.05) is 13.8 Å². The van der Waals surface area contributed by atoms with Crippen LogP contribution in [0.25, 0.3) is 0 Å². The van der Waals surface area contributed by atoms with Crippen LogP contribution >= 0.6 is 0 Å². The van der Waals surface area contributed by atoms with Gasteiger partial charge in [-0.3, -0.25) is 4.68 Å². The molecule has 0 aromatic carbocycles. The first kappa shape index (κ1) is 13.0. The molecule has 19 heavy (non-hydrogen) atoms. The van der Waals surface area contributed by atoms with Crippen LogP contribution in [-0.4, -0.2) is 20.0 Å². The van der Waals surface area contributed by atoms with Crippen molar-refractivity contribution in [1.29, 1.82) is 5.26 Å². The van der Waals surface area contributed by atoms with Crippen LogP contribution in [-0.2, 0) is 6.54 Å². The Morgan fingerprint density at radius 1 is 1.37 bits per heavy atom. The number of nitriles is 1. The molecule has 2 aromatic rings. The predicted octanol–water partition coefficient (Wildman–Crippen LogP) is 2.36. The monoisotopic (exact) mass is 257 g/mol. The summed E-state index contributed by atoms with van der Waals surface area (Å²) < 4.78 is 7.37. The van der Waals surface area contributed by atoms with Crippen molar-refractivity contribution in [3.05, 3.63) is 29.2 Å². The molecule has 6 heteroatoms. The van der Waals surface area contributed by atoms with Gasteiger partial charge in [-0.15, -0.1) is 5.10 Å². The van der Waals surface area contributed by atoms with E-state index in [2.05, 4.69) is 28.3 Å². The van der Waals surface area contributed by atoms with Gasteiger partial charge in [0, 0.05) is 6.54 Å². The minimum atomic E-state index is 0.224. The van der Waals surface area contributed by atoms with Crippen LogP contribution in [0.4, 0.5) is 0 Å². The van der Waals surface area contributed by atoms with E-state index in [1.54, 1.807) is 17.1 Å². The van der Waals surface area contributed by atoms with E-state index in [4.69, 9.17) is 4.74 Å². The topological polar surface area (TPSA) is 76.6 Å². The van der Waals surface area contributed by atoms with Gasteiger partial charge in [0.15, 0.2) is 5.75 Å². The summed E-state index contributed by atoms with van der Waals surface area (Å²) in [6.45, 7) is 6.54. The van der Waals surface area contributed by atoms with Gasteiger partial charge >= 0.3 is 0 Å². The Bertz CT molecular complexity index is 626. The van der Waals surface area contributed by atoms with Gasteiger partial charge in [0.2, 0.25) is 0 Å². The van der Waals surface area contributed by atoms with E-state index in [0.29, 0.717) is 11.3 Å². The van der Waals surface area contributed by atoms with E-state index in [1.165, 1.54) is 0 Å². The summed E-state index contributed by atoms with van der Waals surface area (Å²) in [7, 11) is 0. The maximum atomic E-state index is 9.17. The van der Waals surface area contributed by atoms with Crippen molar-refractivity contribution in [3.63, 3.8) is 0 Å². The van der Waals surface area contributed by atoms with Crippen LogP contribution in [0.15, 0.2) is 12.4 Å². The number of aryl methyl sites for hydroxylation is 2. The lowest BCUT2D eigenvalue weighted by atomic mass is 10.1. The zero-order valence-corrected chi connectivity index (χ0v) is 11.2. The lowest BCUT2D eigenvalue weighted by Crippen LogP contribution is -2.00. The van der Waals surface area contributed by atoms with Gasteiger partial charge in [0.1, 0.15) is 11.6 Å². The molecule has 2 aromatic heterocycles. The molecule has 0 amide bonds. The normalized spacial score (nSPS) is 10.2. The van der Waals surface area contributed by atoms with E-state index in [0.717, 1.165) is 24.2 Å². The predicted molar refractivity (Wildman–Crippen MR) is 68.8 cm³/mol. The molecule has 0 fully saturated rings. The van der Waals surface area contributed by atoms with Crippen molar-refractivity contribution in [2.45, 2.75) is 33.7 Å². The SMILES string of the molecule is CCCn1cc(Oc2nnc(C)c(C)c2C#N)cn1. The summed E-state index contributed by atoms with van der Waals surface area (Å²) in [4.78, 5) is 0. The van der Waals surface area contributed by atoms with Crippen LogP contribution < -0.4 is 4.74 Å². The molecule has 0 unspecified atom stereocenters. The van der Waals surface area contributed by atoms with Gasteiger partial charge in [0.05, 0.1) is 18.1 Å². The summed E-state index contributed by atoms with van der Waals surface area (Å²) in [5.41, 5.74) is 1.93. The van der Waals surface area contributed by atoms with Gasteiger partial charge in [-0.05, 0) is 25.8 Å². The van der Waals surface area contributed by atoms with Gasteiger partial charge in [0.25, 0.3) is 5.88 Å². The Morgan fingerprint density at radius 3 is 2.84 bits per heavy atom. The largest absolute Gasteiger partial charge is 0.433 e. The number of hydrogen-bond donors (Lipinski definition) is 0. The molecule has 0 radical (unpaired) electrons. The highest BCUT2D eigenvalue weighted by Crippen LogP contribution is 2.24. The molecule has 0 saturated heterocycles. The van der Waals surface area contributed by atoms with Crippen molar-refractivity contribution < 1.29 is 4.74 Å². The van der Waals surface area contributed by atoms with Gasteiger partial charge in [-0.1, -0.05) is 6.92 Å². The van der Waals surface area contributed by atoms with Gasteiger partial charge in [-0.25, -0.2) is 0 Å². The van der Waals surface area contributed by atoms with Crippen molar-refractivity contribution in [1.82, 2.24) is 20.0 Å². The molecule has 0 atom stereocenters. The molecular weight excluding hydrogens is 242 g/mol. The van der Waals surface area contributed by atoms with Crippen molar-refractivity contribution in [2.75, 3.05) is 0 Å². The molecule has 0 spiro atoms. The molecule has 0 aliphatic carbocycles. The summed E-state index contributed by atoms with van der Waals surface area (Å²) in [5, 5.41) is 21.2. The second kappa shape index (κ2) is 5.48. The minimum Gasteiger partial charge on any atom is -0.433 e. The fraction of sp³-hybridized carbons (Fsp3) is 0.385. The average Bonchev–Trinajstić information content (AvgIpc) is 2.82. The Morgan fingerprint density at radius 2 is 2.16 bits per heavy atom. The lowest BCUT2D eigenvalue weighted by molar-refractivity contribution is 0.450. The molecule has 2 rings (SSSR count). The minimum absolute atomic E-state index is 0.224. The van der Waals surface area contributed by atoms with Crippen LogP contribution in [0.1, 0.15) is 30.2 Å². The van der Waals surface area contributed by atoms with Crippen molar-refractivity contribution in [3.8, 4) is 17.7 Å². The van der Waals surface area contributed by atoms with E-state index in [9.17, 15) is 5.26 Å². The Kier molecular flexibility index (Phi) is 3.76. The summed E-state index contributed by atoms with van der Waals surface area (Å²) in [6.07, 6.45) is 4.38. The van der Waals surface area contributed by atoms with Gasteiger partial charge < -0.3 is 4.74 Å². The summed E-state index contributed by atoms with van der Waals surface area (Å²) in [5.74, 6) is 0.782. The van der Waals surface area contributed by atoms with E-state index >= 15 is 0 Å². The maximum Gasteiger partial charge on any atom is 0.257 e. The van der Waals surface area contributed by atoms with Crippen LogP contribution in [0.5, 0.6) is 11.6 Å². The molecule has 0 bridgehead atoms. The van der Waals surface area contributed by atoms with E-state index < -0.39 is 0 Å². The molecule has 0 aliphatic rings. The molecule has 2 heterocycles. The summed E-state index contributed by atoms with van der Waals surface area (Å²) in [6, 6.07) is 2.10. The Balaban J connectivity index is 2.28. The molecule has 0 saturated carbocycles. The van der Waals surface area contributed by atoms with Crippen LogP contribution in [0.2, 0.25) is 0 Å². The second-order valence-corrected chi connectivity index (χ2v) is 4.24. The molecule has 0 N–H and O–H groups in total. The quantitative estimate of drug-likeness (QED) is 0.840. The lowest BCUT2D eigenvalue weighted by Gasteiger charge is -2.06. The zero-order valence-electron chi connectivity index (χ0n) is 11.2. The smallest absolute Gasteiger partial charge is 0.257 e. The number of aromatic nitrogens is 4. The number of nitrogens with zero attached hydrogens (tertiary/aromatic N) is 5. The highest BCUT2D eigenvalue weighted by molar-refractivity contribution is 5.46. The zero-order chi connectivity index (χ0) is 13.8. The van der Waals surface area contributed by atoms with E-state index in [-0.39, 0.29) is 5.88 Å². The summed E-state index contributed by atoms with van der Waals surface area (Å²) >= 11 is 0. The van der Waals surface area contributed by atoms with Crippen LogP contribution in [0, 0.1) is 25.2 Å². The third-order valence-corrected chi connectivity index (χ3v) is 2.81. The molecule has 6 nitrogen and oxygen atoms in total. The maximum absolute atomic E-state index is 9.17.